The maximum Gasteiger partial charge on any atom is 0.266 e. The summed E-state index contributed by atoms with van der Waals surface area (Å²) in [6.45, 7) is 0. The number of aromatic amines is 3. The van der Waals surface area contributed by atoms with Gasteiger partial charge in [-0.05, 0) is 30.3 Å². The van der Waals surface area contributed by atoms with Crippen LogP contribution in [-0.4, -0.2) is 19.9 Å². The number of nitrogens with one attached hydrogen (secondary N) is 3. The maximum absolute atomic E-state index is 11.1. The van der Waals surface area contributed by atoms with E-state index in [-0.39, 0.29) is 5.56 Å². The highest BCUT2D eigenvalue weighted by Crippen LogP contribution is 2.26. The van der Waals surface area contributed by atoms with Crippen LogP contribution >= 0.6 is 0 Å². The third-order valence-corrected chi connectivity index (χ3v) is 3.48. The predicted octanol–water partition coefficient (Wildman–Crippen LogP) is 2.91. The molecule has 0 radical (unpaired) electrons. The molecule has 0 aliphatic heterocycles. The Labute approximate surface area is 119 Å². The fourth-order valence-electron chi connectivity index (χ4n) is 2.43. The van der Waals surface area contributed by atoms with E-state index in [2.05, 4.69) is 32.1 Å². The lowest BCUT2D eigenvalue weighted by atomic mass is 10.1. The molecule has 0 spiro atoms. The van der Waals surface area contributed by atoms with E-state index in [1.165, 1.54) is 6.20 Å². The number of fused-ring (bicyclic) bond motifs is 1. The molecule has 0 bridgehead atoms. The summed E-state index contributed by atoms with van der Waals surface area (Å²) in [6.07, 6.45) is 4.82. The lowest BCUT2D eigenvalue weighted by Crippen LogP contribution is -2.04. The summed E-state index contributed by atoms with van der Waals surface area (Å²) in [4.78, 5) is 24.4. The van der Waals surface area contributed by atoms with E-state index in [0.29, 0.717) is 0 Å². The Morgan fingerprint density at radius 2 is 1.95 bits per heavy atom. The molecule has 4 aromatic rings. The second-order valence-corrected chi connectivity index (χ2v) is 4.87. The molecule has 4 rings (SSSR count). The van der Waals surface area contributed by atoms with Crippen LogP contribution in [0.5, 0.6) is 0 Å². The van der Waals surface area contributed by atoms with Crippen molar-refractivity contribution in [3.05, 3.63) is 65.3 Å². The molecule has 21 heavy (non-hydrogen) atoms. The van der Waals surface area contributed by atoms with Gasteiger partial charge >= 0.3 is 0 Å². The van der Waals surface area contributed by atoms with Crippen LogP contribution in [0.2, 0.25) is 0 Å². The SMILES string of the molecule is O=c1cnc(-c2ccc3[nH]c(-c4ccc[nH]4)cc3c2)c[nH]1. The molecule has 102 valence electrons. The first kappa shape index (κ1) is 11.7. The highest BCUT2D eigenvalue weighted by atomic mass is 16.1. The molecule has 3 heterocycles. The minimum Gasteiger partial charge on any atom is -0.360 e. The number of hydrogen-bond donors (Lipinski definition) is 3. The van der Waals surface area contributed by atoms with Gasteiger partial charge in [-0.3, -0.25) is 4.79 Å². The fourth-order valence-corrected chi connectivity index (χ4v) is 2.43. The fraction of sp³-hybridized carbons (Fsp3) is 0. The molecular weight excluding hydrogens is 264 g/mol. The highest BCUT2D eigenvalue weighted by Gasteiger charge is 2.06. The Balaban J connectivity index is 1.82. The smallest absolute Gasteiger partial charge is 0.266 e. The van der Waals surface area contributed by atoms with Crippen LogP contribution in [0.25, 0.3) is 33.5 Å². The van der Waals surface area contributed by atoms with Crippen LogP contribution in [0, 0.1) is 0 Å². The van der Waals surface area contributed by atoms with Crippen molar-refractivity contribution in [3.63, 3.8) is 0 Å². The first-order chi connectivity index (χ1) is 10.3. The standard InChI is InChI=1S/C16H12N4O/c21-16-9-18-15(8-19-16)10-3-4-12-11(6-10)7-14(20-12)13-2-1-5-17-13/h1-9,17,20H,(H,19,21). The van der Waals surface area contributed by atoms with Gasteiger partial charge in [0.15, 0.2) is 0 Å². The molecular formula is C16H12N4O. The molecule has 0 aliphatic carbocycles. The Morgan fingerprint density at radius 3 is 2.71 bits per heavy atom. The van der Waals surface area contributed by atoms with Crippen LogP contribution in [0.15, 0.2) is 59.8 Å². The summed E-state index contributed by atoms with van der Waals surface area (Å²) in [5.74, 6) is 0. The van der Waals surface area contributed by atoms with Gasteiger partial charge in [-0.25, -0.2) is 4.98 Å². The summed E-state index contributed by atoms with van der Waals surface area (Å²) in [5.41, 5.74) is 4.68. The van der Waals surface area contributed by atoms with Gasteiger partial charge in [0.1, 0.15) is 0 Å². The van der Waals surface area contributed by atoms with Crippen molar-refractivity contribution in [2.45, 2.75) is 0 Å². The van der Waals surface area contributed by atoms with Crippen LogP contribution in [0.4, 0.5) is 0 Å². The molecule has 0 aliphatic rings. The average Bonchev–Trinajstić information content (AvgIpc) is 3.16. The van der Waals surface area contributed by atoms with E-state index in [4.69, 9.17) is 0 Å². The Bertz CT molecular complexity index is 943. The first-order valence-corrected chi connectivity index (χ1v) is 6.61. The Hall–Kier alpha value is -3.08. The molecule has 0 fully saturated rings. The van der Waals surface area contributed by atoms with Crippen LogP contribution < -0.4 is 5.56 Å². The number of aromatic nitrogens is 4. The molecule has 0 unspecified atom stereocenters. The van der Waals surface area contributed by atoms with Gasteiger partial charge in [-0.1, -0.05) is 6.07 Å². The predicted molar refractivity (Wildman–Crippen MR) is 81.9 cm³/mol. The Morgan fingerprint density at radius 1 is 1.00 bits per heavy atom. The summed E-state index contributed by atoms with van der Waals surface area (Å²) in [6, 6.07) is 12.1. The summed E-state index contributed by atoms with van der Waals surface area (Å²) in [5, 5.41) is 1.10. The van der Waals surface area contributed by atoms with Gasteiger partial charge in [0.05, 0.1) is 23.3 Å². The quantitative estimate of drug-likeness (QED) is 0.526. The van der Waals surface area contributed by atoms with Gasteiger partial charge in [-0.2, -0.15) is 0 Å². The van der Waals surface area contributed by atoms with Gasteiger partial charge in [0, 0.05) is 28.9 Å². The largest absolute Gasteiger partial charge is 0.360 e. The average molecular weight is 276 g/mol. The Kier molecular flexibility index (Phi) is 2.50. The van der Waals surface area contributed by atoms with E-state index in [0.717, 1.165) is 33.5 Å². The van der Waals surface area contributed by atoms with Crippen LogP contribution in [0.1, 0.15) is 0 Å². The lowest BCUT2D eigenvalue weighted by molar-refractivity contribution is 1.14. The summed E-state index contributed by atoms with van der Waals surface area (Å²) >= 11 is 0. The third kappa shape index (κ3) is 2.04. The third-order valence-electron chi connectivity index (χ3n) is 3.48. The first-order valence-electron chi connectivity index (χ1n) is 6.61. The maximum atomic E-state index is 11.1. The zero-order valence-corrected chi connectivity index (χ0v) is 11.1. The second-order valence-electron chi connectivity index (χ2n) is 4.87. The van der Waals surface area contributed by atoms with Crippen LogP contribution in [0.3, 0.4) is 0 Å². The van der Waals surface area contributed by atoms with E-state index in [1.54, 1.807) is 6.20 Å². The van der Waals surface area contributed by atoms with E-state index >= 15 is 0 Å². The summed E-state index contributed by atoms with van der Waals surface area (Å²) in [7, 11) is 0. The molecule has 0 amide bonds. The zero-order chi connectivity index (χ0) is 14.2. The molecule has 5 heteroatoms. The van der Waals surface area contributed by atoms with Crippen LogP contribution in [-0.2, 0) is 0 Å². The molecule has 0 saturated carbocycles. The number of benzene rings is 1. The van der Waals surface area contributed by atoms with Crippen molar-refractivity contribution in [2.24, 2.45) is 0 Å². The number of hydrogen-bond acceptors (Lipinski definition) is 2. The minimum atomic E-state index is -0.199. The second kappa shape index (κ2) is 4.49. The number of nitrogens with zero attached hydrogens (tertiary/aromatic N) is 1. The molecule has 3 aromatic heterocycles. The number of H-pyrrole nitrogens is 3. The highest BCUT2D eigenvalue weighted by molar-refractivity contribution is 5.88. The topological polar surface area (TPSA) is 77.3 Å². The molecule has 5 nitrogen and oxygen atoms in total. The molecule has 1 aromatic carbocycles. The van der Waals surface area contributed by atoms with Gasteiger partial charge in [-0.15, -0.1) is 0 Å². The lowest BCUT2D eigenvalue weighted by Gasteiger charge is -1.99. The van der Waals surface area contributed by atoms with Crippen molar-refractivity contribution in [2.75, 3.05) is 0 Å². The molecule has 0 atom stereocenters. The van der Waals surface area contributed by atoms with Crippen molar-refractivity contribution in [1.82, 2.24) is 19.9 Å². The molecule has 0 saturated heterocycles. The number of rotatable bonds is 2. The van der Waals surface area contributed by atoms with Gasteiger partial charge < -0.3 is 15.0 Å². The van der Waals surface area contributed by atoms with E-state index in [9.17, 15) is 4.79 Å². The van der Waals surface area contributed by atoms with Gasteiger partial charge in [0.25, 0.3) is 5.56 Å². The zero-order valence-electron chi connectivity index (χ0n) is 11.1. The van der Waals surface area contributed by atoms with Crippen molar-refractivity contribution < 1.29 is 0 Å². The van der Waals surface area contributed by atoms with E-state index < -0.39 is 0 Å². The summed E-state index contributed by atoms with van der Waals surface area (Å²) < 4.78 is 0. The van der Waals surface area contributed by atoms with Gasteiger partial charge in [0.2, 0.25) is 0 Å². The monoisotopic (exact) mass is 276 g/mol. The van der Waals surface area contributed by atoms with Crippen molar-refractivity contribution in [3.8, 4) is 22.6 Å². The van der Waals surface area contributed by atoms with Crippen molar-refractivity contribution in [1.29, 1.82) is 0 Å². The minimum absolute atomic E-state index is 0.199. The van der Waals surface area contributed by atoms with Crippen molar-refractivity contribution >= 4 is 10.9 Å². The van der Waals surface area contributed by atoms with E-state index in [1.807, 2.05) is 30.5 Å². The normalized spacial score (nSPS) is 11.0. The molecule has 3 N–H and O–H groups in total.